The smallest absolute Gasteiger partial charge is 0.159 e. The van der Waals surface area contributed by atoms with E-state index >= 15 is 0 Å². The molecule has 0 aromatic rings. The molecule has 60 valence electrons. The number of rotatable bonds is 2. The second kappa shape index (κ2) is 3.04. The molecule has 0 radical (unpaired) electrons. The van der Waals surface area contributed by atoms with Crippen LogP contribution in [0.5, 0.6) is 0 Å². The van der Waals surface area contributed by atoms with E-state index in [0.717, 1.165) is 12.0 Å². The minimum absolute atomic E-state index is 0.315. The van der Waals surface area contributed by atoms with E-state index in [9.17, 15) is 4.79 Å². The molecule has 0 amide bonds. The molecule has 0 heterocycles. The summed E-state index contributed by atoms with van der Waals surface area (Å²) in [5, 5.41) is 0. The van der Waals surface area contributed by atoms with Crippen LogP contribution in [0.2, 0.25) is 0 Å². The zero-order valence-electron chi connectivity index (χ0n) is 7.18. The van der Waals surface area contributed by atoms with Crippen LogP contribution in [-0.2, 0) is 4.79 Å². The summed E-state index contributed by atoms with van der Waals surface area (Å²) in [6.07, 6.45) is 3.25. The molecule has 0 N–H and O–H groups in total. The number of hydrogen-bond donors (Lipinski definition) is 0. The van der Waals surface area contributed by atoms with E-state index in [1.807, 2.05) is 0 Å². The van der Waals surface area contributed by atoms with Gasteiger partial charge in [0.2, 0.25) is 0 Å². The molecular formula is C10H14O. The second-order valence-corrected chi connectivity index (χ2v) is 3.18. The third kappa shape index (κ3) is 1.42. The van der Waals surface area contributed by atoms with Gasteiger partial charge in [-0.1, -0.05) is 18.6 Å². The largest absolute Gasteiger partial charge is 0.295 e. The number of allylic oxidation sites excluding steroid dienone is 3. The van der Waals surface area contributed by atoms with Crippen molar-refractivity contribution in [3.05, 3.63) is 23.8 Å². The lowest BCUT2D eigenvalue weighted by molar-refractivity contribution is -0.115. The summed E-state index contributed by atoms with van der Waals surface area (Å²) < 4.78 is 0. The topological polar surface area (TPSA) is 17.1 Å². The third-order valence-corrected chi connectivity index (χ3v) is 2.39. The Balaban J connectivity index is 2.87. The fourth-order valence-corrected chi connectivity index (χ4v) is 1.49. The first-order valence-corrected chi connectivity index (χ1v) is 4.00. The third-order valence-electron chi connectivity index (χ3n) is 2.39. The summed E-state index contributed by atoms with van der Waals surface area (Å²) in [7, 11) is 0. The number of ketones is 1. The Bertz CT molecular complexity index is 223. The highest BCUT2D eigenvalue weighted by Crippen LogP contribution is 2.30. The molecule has 1 unspecified atom stereocenters. The van der Waals surface area contributed by atoms with Crippen LogP contribution in [0, 0.1) is 5.92 Å². The normalized spacial score (nSPS) is 24.5. The molecule has 1 nitrogen and oxygen atoms in total. The molecule has 1 aliphatic carbocycles. The Kier molecular flexibility index (Phi) is 2.28. The van der Waals surface area contributed by atoms with Crippen LogP contribution < -0.4 is 0 Å². The van der Waals surface area contributed by atoms with Gasteiger partial charge in [-0.3, -0.25) is 4.79 Å². The lowest BCUT2D eigenvalue weighted by Gasteiger charge is -2.00. The van der Waals surface area contributed by atoms with Crippen LogP contribution in [0.15, 0.2) is 23.8 Å². The molecule has 1 atom stereocenters. The van der Waals surface area contributed by atoms with Crippen molar-refractivity contribution in [2.75, 3.05) is 0 Å². The molecule has 1 rings (SSSR count). The van der Waals surface area contributed by atoms with E-state index in [1.54, 1.807) is 6.08 Å². The lowest BCUT2D eigenvalue weighted by atomic mass is 10.0. The maximum absolute atomic E-state index is 11.3. The summed E-state index contributed by atoms with van der Waals surface area (Å²) in [5.41, 5.74) is 2.25. The molecular weight excluding hydrogens is 136 g/mol. The monoisotopic (exact) mass is 150 g/mol. The van der Waals surface area contributed by atoms with Crippen LogP contribution >= 0.6 is 0 Å². The van der Waals surface area contributed by atoms with Crippen LogP contribution in [0.25, 0.3) is 0 Å². The molecule has 0 saturated heterocycles. The number of carbonyl (C=O) groups is 1. The van der Waals surface area contributed by atoms with Gasteiger partial charge >= 0.3 is 0 Å². The molecule has 0 aliphatic heterocycles. The predicted octanol–water partition coefficient (Wildman–Crippen LogP) is 2.49. The maximum Gasteiger partial charge on any atom is 0.159 e. The van der Waals surface area contributed by atoms with Gasteiger partial charge in [0, 0.05) is 6.42 Å². The van der Waals surface area contributed by atoms with Crippen molar-refractivity contribution in [3.8, 4) is 0 Å². The van der Waals surface area contributed by atoms with Gasteiger partial charge in [0.15, 0.2) is 5.78 Å². The molecule has 11 heavy (non-hydrogen) atoms. The van der Waals surface area contributed by atoms with E-state index in [4.69, 9.17) is 0 Å². The second-order valence-electron chi connectivity index (χ2n) is 3.18. The van der Waals surface area contributed by atoms with Crippen LogP contribution in [0.1, 0.15) is 26.7 Å². The molecule has 0 fully saturated rings. The quantitative estimate of drug-likeness (QED) is 0.553. The van der Waals surface area contributed by atoms with Gasteiger partial charge in [-0.05, 0) is 24.8 Å². The summed E-state index contributed by atoms with van der Waals surface area (Å²) in [5.74, 6) is 0.771. The Morgan fingerprint density at radius 2 is 2.36 bits per heavy atom. The summed E-state index contributed by atoms with van der Waals surface area (Å²) in [4.78, 5) is 11.3. The predicted molar refractivity (Wildman–Crippen MR) is 46.3 cm³/mol. The first kappa shape index (κ1) is 8.25. The molecule has 1 aliphatic rings. The molecule has 0 aromatic heterocycles. The minimum Gasteiger partial charge on any atom is -0.295 e. The van der Waals surface area contributed by atoms with Gasteiger partial charge in [-0.2, -0.15) is 0 Å². The van der Waals surface area contributed by atoms with Crippen molar-refractivity contribution in [1.82, 2.24) is 0 Å². The average molecular weight is 150 g/mol. The molecule has 0 bridgehead atoms. The minimum atomic E-state index is 0.315. The van der Waals surface area contributed by atoms with E-state index < -0.39 is 0 Å². The highest BCUT2D eigenvalue weighted by atomic mass is 16.1. The Labute approximate surface area is 67.8 Å². The van der Waals surface area contributed by atoms with Crippen molar-refractivity contribution >= 4 is 5.78 Å². The van der Waals surface area contributed by atoms with Crippen LogP contribution in [0.4, 0.5) is 0 Å². The van der Waals surface area contributed by atoms with E-state index in [-0.39, 0.29) is 0 Å². The van der Waals surface area contributed by atoms with Gasteiger partial charge in [0.1, 0.15) is 0 Å². The van der Waals surface area contributed by atoms with Gasteiger partial charge in [-0.25, -0.2) is 0 Å². The zero-order chi connectivity index (χ0) is 8.43. The average Bonchev–Trinajstić information content (AvgIpc) is 2.17. The Morgan fingerprint density at radius 3 is 2.73 bits per heavy atom. The first-order valence-electron chi connectivity index (χ1n) is 4.00. The molecule has 0 aromatic carbocycles. The highest BCUT2D eigenvalue weighted by Gasteiger charge is 2.24. The zero-order valence-corrected chi connectivity index (χ0v) is 7.18. The molecule has 0 saturated carbocycles. The number of carbonyl (C=O) groups excluding carboxylic acids is 1. The Hall–Kier alpha value is -0.850. The van der Waals surface area contributed by atoms with Gasteiger partial charge < -0.3 is 0 Å². The van der Waals surface area contributed by atoms with E-state index in [2.05, 4.69) is 20.4 Å². The summed E-state index contributed by atoms with van der Waals surface area (Å²) in [6, 6.07) is 0. The number of hydrogen-bond acceptors (Lipinski definition) is 1. The van der Waals surface area contributed by atoms with Gasteiger partial charge in [0.25, 0.3) is 0 Å². The van der Waals surface area contributed by atoms with Crippen molar-refractivity contribution in [2.24, 2.45) is 5.92 Å². The molecule has 0 spiro atoms. The standard InChI is InChI=1S/C10H14O/c1-4-5-9-8(3)7(2)6-10(9)11/h4,7H,1,5-6H2,2-3H3. The highest BCUT2D eigenvalue weighted by molar-refractivity contribution is 5.99. The van der Waals surface area contributed by atoms with E-state index in [0.29, 0.717) is 18.1 Å². The van der Waals surface area contributed by atoms with Crippen molar-refractivity contribution < 1.29 is 4.79 Å². The van der Waals surface area contributed by atoms with Crippen molar-refractivity contribution in [3.63, 3.8) is 0 Å². The summed E-state index contributed by atoms with van der Waals surface area (Å²) >= 11 is 0. The fourth-order valence-electron chi connectivity index (χ4n) is 1.49. The van der Waals surface area contributed by atoms with Gasteiger partial charge in [-0.15, -0.1) is 6.58 Å². The van der Waals surface area contributed by atoms with Crippen molar-refractivity contribution in [2.45, 2.75) is 26.7 Å². The fraction of sp³-hybridized carbons (Fsp3) is 0.500. The molecule has 1 heteroatoms. The Morgan fingerprint density at radius 1 is 1.73 bits per heavy atom. The number of Topliss-reactive ketones (excluding diaryl/α,β-unsaturated/α-hetero) is 1. The van der Waals surface area contributed by atoms with Gasteiger partial charge in [0.05, 0.1) is 0 Å². The first-order chi connectivity index (χ1) is 5.16. The SMILES string of the molecule is C=CCC1=C(C)C(C)CC1=O. The van der Waals surface area contributed by atoms with Crippen LogP contribution in [0.3, 0.4) is 0 Å². The maximum atomic E-state index is 11.3. The summed E-state index contributed by atoms with van der Waals surface area (Å²) in [6.45, 7) is 7.78. The lowest BCUT2D eigenvalue weighted by Crippen LogP contribution is -1.95. The van der Waals surface area contributed by atoms with E-state index in [1.165, 1.54) is 5.57 Å². The van der Waals surface area contributed by atoms with Crippen molar-refractivity contribution in [1.29, 1.82) is 0 Å². The van der Waals surface area contributed by atoms with Crippen LogP contribution in [-0.4, -0.2) is 5.78 Å².